The lowest BCUT2D eigenvalue weighted by molar-refractivity contribution is -0.135. The van der Waals surface area contributed by atoms with Crippen LogP contribution < -0.4 is 0 Å². The van der Waals surface area contributed by atoms with Gasteiger partial charge in [-0.05, 0) is 12.2 Å². The van der Waals surface area contributed by atoms with Crippen LogP contribution >= 0.6 is 11.6 Å². The number of carbonyl (C=O) groups is 2. The summed E-state index contributed by atoms with van der Waals surface area (Å²) in [6, 6.07) is 8.40. The summed E-state index contributed by atoms with van der Waals surface area (Å²) in [5.41, 5.74) is 0.447. The first kappa shape index (κ1) is 13.0. The van der Waals surface area contributed by atoms with Crippen molar-refractivity contribution < 1.29 is 19.8 Å². The van der Waals surface area contributed by atoms with Gasteiger partial charge in [-0.2, -0.15) is 0 Å². The average Bonchev–Trinajstić information content (AvgIpc) is 2.35. The van der Waals surface area contributed by atoms with Crippen LogP contribution in [-0.2, 0) is 4.79 Å². The maximum atomic E-state index is 11.5. The van der Waals surface area contributed by atoms with Gasteiger partial charge in [-0.3, -0.25) is 4.79 Å². The van der Waals surface area contributed by atoms with Crippen LogP contribution in [0, 0.1) is 0 Å². The normalized spacial score (nSPS) is 12.3. The van der Waals surface area contributed by atoms with Crippen LogP contribution in [0.1, 0.15) is 10.4 Å². The molecule has 5 heteroatoms. The maximum absolute atomic E-state index is 11.5. The SMILES string of the molecule is O=C(O)/C(O)=C(Cl)/C=C/C(=O)c1ccccc1. The van der Waals surface area contributed by atoms with Crippen molar-refractivity contribution >= 4 is 23.4 Å². The Bertz CT molecular complexity index is 488. The third kappa shape index (κ3) is 3.77. The highest BCUT2D eigenvalue weighted by molar-refractivity contribution is 6.33. The highest BCUT2D eigenvalue weighted by Crippen LogP contribution is 2.10. The molecule has 0 fully saturated rings. The second kappa shape index (κ2) is 5.86. The number of halogens is 1. The standard InChI is InChI=1S/C12H9ClO4/c13-9(11(15)12(16)17)6-7-10(14)8-4-2-1-3-5-8/h1-7,15H,(H,16,17)/b7-6+,11-9+. The van der Waals surface area contributed by atoms with Crippen LogP contribution in [0.5, 0.6) is 0 Å². The number of carboxylic acids is 1. The predicted octanol–water partition coefficient (Wildman–Crippen LogP) is 2.52. The Morgan fingerprint density at radius 3 is 2.18 bits per heavy atom. The van der Waals surface area contributed by atoms with Crippen molar-refractivity contribution in [1.29, 1.82) is 0 Å². The quantitative estimate of drug-likeness (QED) is 0.374. The van der Waals surface area contributed by atoms with E-state index in [0.29, 0.717) is 5.56 Å². The number of allylic oxidation sites excluding steroid dienone is 3. The van der Waals surface area contributed by atoms with Gasteiger partial charge in [0.25, 0.3) is 0 Å². The van der Waals surface area contributed by atoms with Crippen molar-refractivity contribution in [3.8, 4) is 0 Å². The van der Waals surface area contributed by atoms with Gasteiger partial charge in [0.1, 0.15) is 0 Å². The number of aliphatic hydroxyl groups excluding tert-OH is 1. The molecule has 0 heterocycles. The monoisotopic (exact) mass is 252 g/mol. The Labute approximate surface area is 102 Å². The van der Waals surface area contributed by atoms with E-state index in [4.69, 9.17) is 21.8 Å². The Morgan fingerprint density at radius 1 is 1.06 bits per heavy atom. The zero-order valence-electron chi connectivity index (χ0n) is 8.63. The molecule has 17 heavy (non-hydrogen) atoms. The summed E-state index contributed by atoms with van der Waals surface area (Å²) in [6.45, 7) is 0. The van der Waals surface area contributed by atoms with Crippen LogP contribution in [0.2, 0.25) is 0 Å². The molecule has 0 saturated heterocycles. The van der Waals surface area contributed by atoms with Gasteiger partial charge in [0.15, 0.2) is 5.78 Å². The van der Waals surface area contributed by atoms with Gasteiger partial charge < -0.3 is 10.2 Å². The molecule has 0 radical (unpaired) electrons. The maximum Gasteiger partial charge on any atom is 0.372 e. The Hall–Kier alpha value is -2.07. The fraction of sp³-hybridized carbons (Fsp3) is 0. The molecule has 2 N–H and O–H groups in total. The van der Waals surface area contributed by atoms with Gasteiger partial charge in [-0.15, -0.1) is 0 Å². The molecular weight excluding hydrogens is 244 g/mol. The van der Waals surface area contributed by atoms with E-state index >= 15 is 0 Å². The molecule has 0 unspecified atom stereocenters. The third-order valence-electron chi connectivity index (χ3n) is 1.87. The summed E-state index contributed by atoms with van der Waals surface area (Å²) in [7, 11) is 0. The number of aliphatic carboxylic acids is 1. The van der Waals surface area contributed by atoms with E-state index in [9.17, 15) is 9.59 Å². The van der Waals surface area contributed by atoms with E-state index in [-0.39, 0.29) is 5.78 Å². The van der Waals surface area contributed by atoms with Crippen molar-refractivity contribution in [3.05, 3.63) is 58.8 Å². The summed E-state index contributed by atoms with van der Waals surface area (Å²) >= 11 is 5.47. The minimum absolute atomic E-state index is 0.332. The van der Waals surface area contributed by atoms with Crippen molar-refractivity contribution in [2.24, 2.45) is 0 Å². The zero-order valence-corrected chi connectivity index (χ0v) is 9.39. The molecule has 1 rings (SSSR count). The fourth-order valence-corrected chi connectivity index (χ4v) is 1.17. The second-order valence-corrected chi connectivity index (χ2v) is 3.47. The Morgan fingerprint density at radius 2 is 1.65 bits per heavy atom. The van der Waals surface area contributed by atoms with Crippen LogP contribution in [0.25, 0.3) is 0 Å². The van der Waals surface area contributed by atoms with Crippen molar-refractivity contribution in [2.45, 2.75) is 0 Å². The molecule has 0 aliphatic heterocycles. The summed E-state index contributed by atoms with van der Waals surface area (Å²) < 4.78 is 0. The number of hydrogen-bond donors (Lipinski definition) is 2. The van der Waals surface area contributed by atoms with Crippen LogP contribution in [0.4, 0.5) is 0 Å². The van der Waals surface area contributed by atoms with Gasteiger partial charge in [0, 0.05) is 5.56 Å². The molecule has 0 bridgehead atoms. The minimum atomic E-state index is -1.55. The predicted molar refractivity (Wildman–Crippen MR) is 63.1 cm³/mol. The molecule has 4 nitrogen and oxygen atoms in total. The fourth-order valence-electron chi connectivity index (χ4n) is 1.03. The molecule has 88 valence electrons. The Balaban J connectivity index is 2.83. The molecule has 0 atom stereocenters. The molecule has 0 aromatic heterocycles. The molecule has 1 aromatic carbocycles. The number of benzene rings is 1. The summed E-state index contributed by atoms with van der Waals surface area (Å²) in [5, 5.41) is 17.0. The molecule has 0 saturated carbocycles. The lowest BCUT2D eigenvalue weighted by Gasteiger charge is -1.95. The smallest absolute Gasteiger partial charge is 0.372 e. The number of aliphatic hydroxyl groups is 1. The third-order valence-corrected chi connectivity index (χ3v) is 2.17. The summed E-state index contributed by atoms with van der Waals surface area (Å²) in [6.07, 6.45) is 2.14. The van der Waals surface area contributed by atoms with E-state index in [0.717, 1.165) is 12.2 Å². The van der Waals surface area contributed by atoms with Crippen LogP contribution in [0.15, 0.2) is 53.3 Å². The molecule has 0 spiro atoms. The van der Waals surface area contributed by atoms with E-state index in [1.165, 1.54) is 0 Å². The first-order valence-electron chi connectivity index (χ1n) is 4.62. The van der Waals surface area contributed by atoms with E-state index < -0.39 is 16.8 Å². The lowest BCUT2D eigenvalue weighted by atomic mass is 10.1. The molecule has 0 aliphatic rings. The summed E-state index contributed by atoms with van der Waals surface area (Å²) in [5.74, 6) is -2.88. The summed E-state index contributed by atoms with van der Waals surface area (Å²) in [4.78, 5) is 21.9. The van der Waals surface area contributed by atoms with Crippen molar-refractivity contribution in [2.75, 3.05) is 0 Å². The van der Waals surface area contributed by atoms with E-state index in [1.807, 2.05) is 0 Å². The average molecular weight is 253 g/mol. The van der Waals surface area contributed by atoms with Crippen molar-refractivity contribution in [3.63, 3.8) is 0 Å². The highest BCUT2D eigenvalue weighted by atomic mass is 35.5. The van der Waals surface area contributed by atoms with Crippen LogP contribution in [-0.4, -0.2) is 22.0 Å². The molecule has 0 aliphatic carbocycles. The van der Waals surface area contributed by atoms with E-state index in [1.54, 1.807) is 30.3 Å². The zero-order chi connectivity index (χ0) is 12.8. The van der Waals surface area contributed by atoms with Gasteiger partial charge >= 0.3 is 5.97 Å². The van der Waals surface area contributed by atoms with Crippen LogP contribution in [0.3, 0.4) is 0 Å². The van der Waals surface area contributed by atoms with Gasteiger partial charge in [0.2, 0.25) is 5.76 Å². The number of hydrogen-bond acceptors (Lipinski definition) is 3. The van der Waals surface area contributed by atoms with Gasteiger partial charge in [0.05, 0.1) is 5.03 Å². The van der Waals surface area contributed by atoms with E-state index in [2.05, 4.69) is 0 Å². The first-order chi connectivity index (χ1) is 8.02. The van der Waals surface area contributed by atoms with Gasteiger partial charge in [-0.25, -0.2) is 4.79 Å². The Kier molecular flexibility index (Phi) is 4.48. The van der Waals surface area contributed by atoms with Gasteiger partial charge in [-0.1, -0.05) is 41.9 Å². The molecular formula is C12H9ClO4. The number of ketones is 1. The number of carbonyl (C=O) groups excluding carboxylic acids is 1. The minimum Gasteiger partial charge on any atom is -0.501 e. The largest absolute Gasteiger partial charge is 0.501 e. The van der Waals surface area contributed by atoms with Crippen molar-refractivity contribution in [1.82, 2.24) is 0 Å². The lowest BCUT2D eigenvalue weighted by Crippen LogP contribution is -2.00. The second-order valence-electron chi connectivity index (χ2n) is 3.07. The topological polar surface area (TPSA) is 74.6 Å². The molecule has 0 amide bonds. The number of carboxylic acid groups (broad SMARTS) is 1. The molecule has 1 aromatic rings. The first-order valence-corrected chi connectivity index (χ1v) is 4.99. The number of rotatable bonds is 4. The highest BCUT2D eigenvalue weighted by Gasteiger charge is 2.09.